The van der Waals surface area contributed by atoms with Crippen LogP contribution in [0.4, 0.5) is 10.5 Å². The molecule has 1 saturated heterocycles. The summed E-state index contributed by atoms with van der Waals surface area (Å²) in [5.74, 6) is -1.25. The summed E-state index contributed by atoms with van der Waals surface area (Å²) >= 11 is 0. The van der Waals surface area contributed by atoms with Crippen LogP contribution in [0.5, 0.6) is 0 Å². The van der Waals surface area contributed by atoms with Crippen molar-refractivity contribution in [3.63, 3.8) is 0 Å². The van der Waals surface area contributed by atoms with Crippen LogP contribution in [0.3, 0.4) is 0 Å². The highest BCUT2D eigenvalue weighted by atomic mass is 16.2. The fourth-order valence-electron chi connectivity index (χ4n) is 3.00. The largest absolute Gasteiger partial charge is 0.355 e. The molecule has 0 bridgehead atoms. The number of anilines is 1. The highest BCUT2D eigenvalue weighted by Crippen LogP contribution is 2.28. The Morgan fingerprint density at radius 3 is 2.29 bits per heavy atom. The van der Waals surface area contributed by atoms with Crippen LogP contribution >= 0.6 is 0 Å². The molecule has 0 aliphatic carbocycles. The summed E-state index contributed by atoms with van der Waals surface area (Å²) in [5.41, 5.74) is 0.332. The Morgan fingerprint density at radius 2 is 1.68 bits per heavy atom. The smallest absolute Gasteiger partial charge is 0.325 e. The van der Waals surface area contributed by atoms with E-state index in [0.717, 1.165) is 4.90 Å². The second kappa shape index (κ2) is 7.51. The van der Waals surface area contributed by atoms with Crippen LogP contribution in [0.1, 0.15) is 22.8 Å². The molecule has 8 heteroatoms. The highest BCUT2D eigenvalue weighted by Gasteiger charge is 2.49. The lowest BCUT2D eigenvalue weighted by atomic mass is 9.92. The van der Waals surface area contributed by atoms with Gasteiger partial charge in [-0.3, -0.25) is 19.3 Å². The summed E-state index contributed by atoms with van der Waals surface area (Å²) in [4.78, 5) is 49.8. The van der Waals surface area contributed by atoms with Crippen molar-refractivity contribution in [2.45, 2.75) is 12.5 Å². The average molecular weight is 380 g/mol. The van der Waals surface area contributed by atoms with Gasteiger partial charge in [-0.1, -0.05) is 30.3 Å². The molecule has 1 atom stereocenters. The Labute approximate surface area is 161 Å². The van der Waals surface area contributed by atoms with E-state index in [1.54, 1.807) is 55.5 Å². The molecule has 28 heavy (non-hydrogen) atoms. The van der Waals surface area contributed by atoms with Crippen molar-refractivity contribution in [1.29, 1.82) is 0 Å². The topological polar surface area (TPSA) is 108 Å². The van der Waals surface area contributed by atoms with Gasteiger partial charge in [0, 0.05) is 18.3 Å². The lowest BCUT2D eigenvalue weighted by molar-refractivity contribution is -0.133. The summed E-state index contributed by atoms with van der Waals surface area (Å²) < 4.78 is 0. The van der Waals surface area contributed by atoms with Gasteiger partial charge in [-0.2, -0.15) is 0 Å². The molecule has 1 fully saturated rings. The fraction of sp³-hybridized carbons (Fsp3) is 0.200. The van der Waals surface area contributed by atoms with Gasteiger partial charge in [0.25, 0.3) is 11.8 Å². The Balaban J connectivity index is 1.68. The summed E-state index contributed by atoms with van der Waals surface area (Å²) in [6, 6.07) is 14.5. The van der Waals surface area contributed by atoms with Crippen LogP contribution in [0.25, 0.3) is 0 Å². The van der Waals surface area contributed by atoms with Crippen molar-refractivity contribution in [3.8, 4) is 0 Å². The quantitative estimate of drug-likeness (QED) is 0.683. The van der Waals surface area contributed by atoms with E-state index < -0.39 is 29.9 Å². The van der Waals surface area contributed by atoms with Gasteiger partial charge >= 0.3 is 6.03 Å². The molecule has 144 valence electrons. The van der Waals surface area contributed by atoms with Gasteiger partial charge in [-0.05, 0) is 36.8 Å². The number of carbonyl (C=O) groups excluding carboxylic acids is 4. The lowest BCUT2D eigenvalue weighted by Crippen LogP contribution is -2.42. The molecule has 3 N–H and O–H groups in total. The minimum atomic E-state index is -1.21. The predicted molar refractivity (Wildman–Crippen MR) is 103 cm³/mol. The number of nitrogens with zero attached hydrogens (tertiary/aromatic N) is 1. The van der Waals surface area contributed by atoms with Crippen LogP contribution in [-0.2, 0) is 15.1 Å². The molecule has 1 unspecified atom stereocenters. The summed E-state index contributed by atoms with van der Waals surface area (Å²) in [5, 5.41) is 7.78. The maximum atomic E-state index is 12.8. The maximum absolute atomic E-state index is 12.8. The standard InChI is InChI=1S/C20H20N4O4/c1-20(14-6-4-3-5-7-14)18(27)24(19(28)23-20)12-16(25)22-15-10-8-13(9-11-15)17(26)21-2/h3-11H,12H2,1-2H3,(H,21,26)(H,22,25)(H,23,28). The molecular weight excluding hydrogens is 360 g/mol. The van der Waals surface area contributed by atoms with Crippen LogP contribution in [0, 0.1) is 0 Å². The molecule has 2 aromatic carbocycles. The maximum Gasteiger partial charge on any atom is 0.325 e. The normalized spacial score (nSPS) is 18.6. The van der Waals surface area contributed by atoms with E-state index in [0.29, 0.717) is 16.8 Å². The van der Waals surface area contributed by atoms with Gasteiger partial charge in [0.15, 0.2) is 0 Å². The second-order valence-corrected chi connectivity index (χ2v) is 6.52. The van der Waals surface area contributed by atoms with Crippen molar-refractivity contribution < 1.29 is 19.2 Å². The number of hydrogen-bond donors (Lipinski definition) is 3. The third-order valence-corrected chi connectivity index (χ3v) is 4.59. The number of nitrogens with one attached hydrogen (secondary N) is 3. The Morgan fingerprint density at radius 1 is 1.04 bits per heavy atom. The number of rotatable bonds is 5. The minimum absolute atomic E-state index is 0.239. The first kappa shape index (κ1) is 19.1. The second-order valence-electron chi connectivity index (χ2n) is 6.52. The molecule has 1 aliphatic heterocycles. The first-order valence-electron chi connectivity index (χ1n) is 8.67. The minimum Gasteiger partial charge on any atom is -0.355 e. The van der Waals surface area contributed by atoms with E-state index in [-0.39, 0.29) is 5.91 Å². The van der Waals surface area contributed by atoms with Crippen molar-refractivity contribution >= 4 is 29.4 Å². The number of carbonyl (C=O) groups is 4. The number of imide groups is 1. The highest BCUT2D eigenvalue weighted by molar-refractivity contribution is 6.10. The van der Waals surface area contributed by atoms with Gasteiger partial charge in [0.05, 0.1) is 0 Å². The van der Waals surface area contributed by atoms with Gasteiger partial charge in [0.1, 0.15) is 12.1 Å². The Kier molecular flexibility index (Phi) is 5.12. The van der Waals surface area contributed by atoms with Crippen LogP contribution in [-0.4, -0.2) is 42.2 Å². The van der Waals surface area contributed by atoms with Gasteiger partial charge in [-0.15, -0.1) is 0 Å². The van der Waals surface area contributed by atoms with Crippen LogP contribution in [0.2, 0.25) is 0 Å². The Bertz CT molecular complexity index is 927. The van der Waals surface area contributed by atoms with Crippen LogP contribution < -0.4 is 16.0 Å². The predicted octanol–water partition coefficient (Wildman–Crippen LogP) is 1.45. The zero-order valence-electron chi connectivity index (χ0n) is 15.5. The molecule has 1 heterocycles. The summed E-state index contributed by atoms with van der Waals surface area (Å²) in [7, 11) is 1.53. The zero-order valence-corrected chi connectivity index (χ0v) is 15.5. The van der Waals surface area contributed by atoms with Crippen molar-refractivity contribution in [1.82, 2.24) is 15.5 Å². The molecule has 0 aromatic heterocycles. The zero-order chi connectivity index (χ0) is 20.3. The van der Waals surface area contributed by atoms with E-state index in [1.807, 2.05) is 6.07 Å². The Hall–Kier alpha value is -3.68. The summed E-state index contributed by atoms with van der Waals surface area (Å²) in [6.07, 6.45) is 0. The van der Waals surface area contributed by atoms with Gasteiger partial charge in [0.2, 0.25) is 5.91 Å². The number of urea groups is 1. The number of amides is 5. The molecule has 1 aliphatic rings. The van der Waals surface area contributed by atoms with E-state index in [9.17, 15) is 19.2 Å². The molecule has 0 radical (unpaired) electrons. The van der Waals surface area contributed by atoms with Gasteiger partial charge in [-0.25, -0.2) is 4.79 Å². The average Bonchev–Trinajstić information content (AvgIpc) is 2.92. The first-order chi connectivity index (χ1) is 13.3. The third kappa shape index (κ3) is 3.57. The van der Waals surface area contributed by atoms with E-state index in [1.165, 1.54) is 7.05 Å². The molecule has 8 nitrogen and oxygen atoms in total. The van der Waals surface area contributed by atoms with Crippen molar-refractivity contribution in [2.24, 2.45) is 0 Å². The third-order valence-electron chi connectivity index (χ3n) is 4.59. The SMILES string of the molecule is CNC(=O)c1ccc(NC(=O)CN2C(=O)NC(C)(c3ccccc3)C2=O)cc1. The number of benzene rings is 2. The molecule has 0 spiro atoms. The first-order valence-corrected chi connectivity index (χ1v) is 8.67. The van der Waals surface area contributed by atoms with E-state index in [4.69, 9.17) is 0 Å². The number of hydrogen-bond acceptors (Lipinski definition) is 4. The molecule has 0 saturated carbocycles. The van der Waals surface area contributed by atoms with Crippen LogP contribution in [0.15, 0.2) is 54.6 Å². The van der Waals surface area contributed by atoms with Gasteiger partial charge < -0.3 is 16.0 Å². The molecule has 2 aromatic rings. The monoisotopic (exact) mass is 380 g/mol. The van der Waals surface area contributed by atoms with Crippen molar-refractivity contribution in [2.75, 3.05) is 18.9 Å². The van der Waals surface area contributed by atoms with E-state index in [2.05, 4.69) is 16.0 Å². The van der Waals surface area contributed by atoms with E-state index >= 15 is 0 Å². The molecule has 5 amide bonds. The fourth-order valence-corrected chi connectivity index (χ4v) is 3.00. The van der Waals surface area contributed by atoms with Crippen molar-refractivity contribution in [3.05, 3.63) is 65.7 Å². The molecule has 3 rings (SSSR count). The lowest BCUT2D eigenvalue weighted by Gasteiger charge is -2.22. The molecular formula is C20H20N4O4. The summed E-state index contributed by atoms with van der Waals surface area (Å²) in [6.45, 7) is 1.20.